The van der Waals surface area contributed by atoms with Gasteiger partial charge in [0.05, 0.1) is 0 Å². The number of hydrogen-bond donors (Lipinski definition) is 0. The summed E-state index contributed by atoms with van der Waals surface area (Å²) in [6.07, 6.45) is 5.49. The molecule has 1 atom stereocenters. The molecule has 1 aromatic carbocycles. The molecule has 0 nitrogen and oxygen atoms in total. The van der Waals surface area contributed by atoms with E-state index >= 15 is 0 Å². The van der Waals surface area contributed by atoms with Crippen LogP contribution in [0.15, 0.2) is 27.1 Å². The van der Waals surface area contributed by atoms with E-state index in [1.807, 2.05) is 0 Å². The van der Waals surface area contributed by atoms with Crippen molar-refractivity contribution in [1.82, 2.24) is 0 Å². The highest BCUT2D eigenvalue weighted by Gasteiger charge is 2.25. The maximum Gasteiger partial charge on any atom is 0.0435 e. The van der Waals surface area contributed by atoms with Gasteiger partial charge in [0.2, 0.25) is 0 Å². The molecule has 3 heteroatoms. The van der Waals surface area contributed by atoms with Crippen molar-refractivity contribution in [2.45, 2.75) is 30.5 Å². The first kappa shape index (κ1) is 12.1. The number of alkyl halides is 1. The Morgan fingerprint density at radius 2 is 1.80 bits per heavy atom. The van der Waals surface area contributed by atoms with Gasteiger partial charge in [0.1, 0.15) is 0 Å². The number of hydrogen-bond acceptors (Lipinski definition) is 0. The average Bonchev–Trinajstić information content (AvgIpc) is 2.74. The molecule has 1 aromatic rings. The van der Waals surface area contributed by atoms with Gasteiger partial charge < -0.3 is 0 Å². The number of benzene rings is 1. The molecule has 0 aliphatic heterocycles. The molecule has 1 aliphatic carbocycles. The lowest BCUT2D eigenvalue weighted by Crippen LogP contribution is -2.03. The molecule has 2 rings (SSSR count). The van der Waals surface area contributed by atoms with Gasteiger partial charge in [-0.1, -0.05) is 60.6 Å². The fourth-order valence-electron chi connectivity index (χ4n) is 2.23. The van der Waals surface area contributed by atoms with Crippen molar-refractivity contribution in [3.8, 4) is 0 Å². The van der Waals surface area contributed by atoms with Crippen LogP contribution in [0.5, 0.6) is 0 Å². The predicted molar refractivity (Wildman–Crippen MR) is 75.5 cm³/mol. The molecule has 0 saturated heterocycles. The van der Waals surface area contributed by atoms with Crippen molar-refractivity contribution < 1.29 is 0 Å². The zero-order chi connectivity index (χ0) is 10.8. The smallest absolute Gasteiger partial charge is 0.0435 e. The summed E-state index contributed by atoms with van der Waals surface area (Å²) in [5, 5.41) is 0. The quantitative estimate of drug-likeness (QED) is 0.551. The zero-order valence-electron chi connectivity index (χ0n) is 8.35. The Labute approximate surface area is 116 Å². The van der Waals surface area contributed by atoms with Gasteiger partial charge in [-0.15, -0.1) is 0 Å². The lowest BCUT2D eigenvalue weighted by atomic mass is 9.98. The van der Waals surface area contributed by atoms with E-state index in [0.717, 1.165) is 10.4 Å². The van der Waals surface area contributed by atoms with Crippen LogP contribution in [0.25, 0.3) is 0 Å². The van der Waals surface area contributed by atoms with Gasteiger partial charge in [-0.3, -0.25) is 0 Å². The third-order valence-electron chi connectivity index (χ3n) is 3.07. The average molecular weight is 397 g/mol. The zero-order valence-corrected chi connectivity index (χ0v) is 13.1. The van der Waals surface area contributed by atoms with E-state index in [1.165, 1.54) is 35.7 Å². The van der Waals surface area contributed by atoms with Crippen molar-refractivity contribution in [2.24, 2.45) is 5.92 Å². The molecule has 0 aromatic heterocycles. The van der Waals surface area contributed by atoms with E-state index < -0.39 is 0 Å². The summed E-state index contributed by atoms with van der Waals surface area (Å²) in [5.41, 5.74) is 1.37. The largest absolute Gasteiger partial charge is 0.0835 e. The van der Waals surface area contributed by atoms with E-state index in [0.29, 0.717) is 4.83 Å². The van der Waals surface area contributed by atoms with Crippen LogP contribution in [0.3, 0.4) is 0 Å². The van der Waals surface area contributed by atoms with Crippen LogP contribution in [0.4, 0.5) is 0 Å². The van der Waals surface area contributed by atoms with Crippen LogP contribution in [0.2, 0.25) is 0 Å². The van der Waals surface area contributed by atoms with Gasteiger partial charge in [0.25, 0.3) is 0 Å². The number of rotatable bonds is 2. The van der Waals surface area contributed by atoms with Gasteiger partial charge >= 0.3 is 0 Å². The molecule has 0 N–H and O–H groups in total. The molecule has 1 fully saturated rings. The Kier molecular flexibility index (Phi) is 4.31. The summed E-state index contributed by atoms with van der Waals surface area (Å²) >= 11 is 11.0. The molecule has 0 heterocycles. The summed E-state index contributed by atoms with van der Waals surface area (Å²) in [7, 11) is 0. The normalized spacial score (nSPS) is 19.4. The number of halogens is 3. The molecule has 1 unspecified atom stereocenters. The van der Waals surface area contributed by atoms with Crippen molar-refractivity contribution in [3.05, 3.63) is 32.7 Å². The van der Waals surface area contributed by atoms with E-state index in [4.69, 9.17) is 0 Å². The minimum atomic E-state index is 0.492. The highest BCUT2D eigenvalue weighted by molar-refractivity contribution is 9.11. The Morgan fingerprint density at radius 3 is 2.47 bits per heavy atom. The lowest BCUT2D eigenvalue weighted by Gasteiger charge is -2.19. The second kappa shape index (κ2) is 5.33. The van der Waals surface area contributed by atoms with Crippen LogP contribution < -0.4 is 0 Å². The molecule has 82 valence electrons. The first-order chi connectivity index (χ1) is 7.18. The van der Waals surface area contributed by atoms with Crippen molar-refractivity contribution in [3.63, 3.8) is 0 Å². The second-order valence-electron chi connectivity index (χ2n) is 4.11. The molecule has 0 radical (unpaired) electrons. The van der Waals surface area contributed by atoms with E-state index in [1.54, 1.807) is 0 Å². The maximum atomic E-state index is 3.85. The van der Waals surface area contributed by atoms with Crippen LogP contribution in [0, 0.1) is 5.92 Å². The first-order valence-corrected chi connectivity index (χ1v) is 7.77. The standard InChI is InChI=1S/C12H13Br3/c13-9-5-6-11(14)10(7-9)12(15)8-3-1-2-4-8/h5-8,12H,1-4H2. The summed E-state index contributed by atoms with van der Waals surface area (Å²) in [6.45, 7) is 0. The Bertz CT molecular complexity index is 343. The van der Waals surface area contributed by atoms with Gasteiger partial charge in [0, 0.05) is 13.8 Å². The van der Waals surface area contributed by atoms with Gasteiger partial charge in [0.15, 0.2) is 0 Å². The third-order valence-corrected chi connectivity index (χ3v) is 5.53. The van der Waals surface area contributed by atoms with E-state index in [-0.39, 0.29) is 0 Å². The Hall–Kier alpha value is 0.660. The summed E-state index contributed by atoms with van der Waals surface area (Å²) < 4.78 is 2.36. The highest BCUT2D eigenvalue weighted by atomic mass is 79.9. The summed E-state index contributed by atoms with van der Waals surface area (Å²) in [6, 6.07) is 6.40. The lowest BCUT2D eigenvalue weighted by molar-refractivity contribution is 0.541. The molecule has 1 aliphatic rings. The Balaban J connectivity index is 2.23. The molecule has 0 spiro atoms. The first-order valence-electron chi connectivity index (χ1n) is 5.27. The minimum Gasteiger partial charge on any atom is -0.0835 e. The van der Waals surface area contributed by atoms with Crippen molar-refractivity contribution in [1.29, 1.82) is 0 Å². The van der Waals surface area contributed by atoms with Gasteiger partial charge in [-0.2, -0.15) is 0 Å². The topological polar surface area (TPSA) is 0 Å². The fourth-order valence-corrected chi connectivity index (χ4v) is 4.32. The van der Waals surface area contributed by atoms with Gasteiger partial charge in [-0.25, -0.2) is 0 Å². The van der Waals surface area contributed by atoms with Crippen molar-refractivity contribution in [2.75, 3.05) is 0 Å². The molecule has 0 bridgehead atoms. The maximum absolute atomic E-state index is 3.85. The SMILES string of the molecule is Brc1ccc(Br)c(C(Br)C2CCCC2)c1. The van der Waals surface area contributed by atoms with Crippen LogP contribution >= 0.6 is 47.8 Å². The molecular weight excluding hydrogens is 384 g/mol. The van der Waals surface area contributed by atoms with Gasteiger partial charge in [-0.05, 0) is 42.5 Å². The van der Waals surface area contributed by atoms with Crippen LogP contribution in [-0.4, -0.2) is 0 Å². The minimum absolute atomic E-state index is 0.492. The molecule has 0 amide bonds. The van der Waals surface area contributed by atoms with Crippen LogP contribution in [-0.2, 0) is 0 Å². The Morgan fingerprint density at radius 1 is 1.13 bits per heavy atom. The van der Waals surface area contributed by atoms with E-state index in [2.05, 4.69) is 66.0 Å². The van der Waals surface area contributed by atoms with E-state index in [9.17, 15) is 0 Å². The molecular formula is C12H13Br3. The van der Waals surface area contributed by atoms with Crippen LogP contribution in [0.1, 0.15) is 36.1 Å². The fraction of sp³-hybridized carbons (Fsp3) is 0.500. The third kappa shape index (κ3) is 2.86. The molecule has 15 heavy (non-hydrogen) atoms. The summed E-state index contributed by atoms with van der Waals surface area (Å²) in [4.78, 5) is 0.492. The second-order valence-corrected chi connectivity index (χ2v) is 6.87. The summed E-state index contributed by atoms with van der Waals surface area (Å²) in [5.74, 6) is 0.801. The highest BCUT2D eigenvalue weighted by Crippen LogP contribution is 2.43. The molecule has 1 saturated carbocycles. The van der Waals surface area contributed by atoms with Crippen molar-refractivity contribution >= 4 is 47.8 Å². The predicted octanol–water partition coefficient (Wildman–Crippen LogP) is 5.84. The monoisotopic (exact) mass is 394 g/mol.